The molecule has 6 heteroatoms. The van der Waals surface area contributed by atoms with Crippen LogP contribution in [-0.4, -0.2) is 37.6 Å². The predicted molar refractivity (Wildman–Crippen MR) is 89.2 cm³/mol. The summed E-state index contributed by atoms with van der Waals surface area (Å²) in [4.78, 5) is 11.0. The maximum atomic E-state index is 13.4. The fraction of sp³-hybridized carbons (Fsp3) is 0.389. The molecule has 2 aromatic heterocycles. The van der Waals surface area contributed by atoms with Crippen LogP contribution in [0.3, 0.4) is 0 Å². The summed E-state index contributed by atoms with van der Waals surface area (Å²) in [7, 11) is 0. The predicted octanol–water partition coefficient (Wildman–Crippen LogP) is 2.95. The van der Waals surface area contributed by atoms with Crippen LogP contribution in [0.15, 0.2) is 36.7 Å². The molecule has 1 fully saturated rings. The Morgan fingerprint density at radius 1 is 1.29 bits per heavy atom. The Balaban J connectivity index is 1.57. The Hall–Kier alpha value is -2.34. The summed E-state index contributed by atoms with van der Waals surface area (Å²) in [5.41, 5.74) is 3.15. The fourth-order valence-corrected chi connectivity index (χ4v) is 3.58. The van der Waals surface area contributed by atoms with Gasteiger partial charge in [0.15, 0.2) is 0 Å². The van der Waals surface area contributed by atoms with Crippen molar-refractivity contribution in [3.8, 4) is 0 Å². The van der Waals surface area contributed by atoms with Gasteiger partial charge in [0.1, 0.15) is 12.1 Å². The van der Waals surface area contributed by atoms with Gasteiger partial charge < -0.3 is 0 Å². The number of piperidine rings is 1. The summed E-state index contributed by atoms with van der Waals surface area (Å²) in [6.45, 7) is 4.75. The minimum atomic E-state index is -0.171. The van der Waals surface area contributed by atoms with E-state index in [1.54, 1.807) is 18.5 Å². The molecule has 0 bridgehead atoms. The van der Waals surface area contributed by atoms with Crippen molar-refractivity contribution in [2.24, 2.45) is 0 Å². The molecule has 1 atom stereocenters. The zero-order valence-electron chi connectivity index (χ0n) is 13.7. The maximum absolute atomic E-state index is 13.4. The van der Waals surface area contributed by atoms with E-state index in [9.17, 15) is 4.39 Å². The van der Waals surface area contributed by atoms with Crippen molar-refractivity contribution in [3.05, 3.63) is 59.4 Å². The first-order valence-electron chi connectivity index (χ1n) is 8.33. The number of fused-ring (bicyclic) bond motifs is 1. The van der Waals surface area contributed by atoms with Gasteiger partial charge in [0.2, 0.25) is 0 Å². The number of benzene rings is 1. The Labute approximate surface area is 140 Å². The van der Waals surface area contributed by atoms with Crippen molar-refractivity contribution in [1.82, 2.24) is 24.5 Å². The van der Waals surface area contributed by atoms with E-state index in [1.165, 1.54) is 11.8 Å². The van der Waals surface area contributed by atoms with E-state index in [0.717, 1.165) is 43.7 Å². The second-order valence-electron chi connectivity index (χ2n) is 6.50. The van der Waals surface area contributed by atoms with E-state index in [0.29, 0.717) is 11.7 Å². The molecule has 0 aliphatic carbocycles. The molecule has 0 spiro atoms. The van der Waals surface area contributed by atoms with Crippen LogP contribution in [-0.2, 0) is 6.54 Å². The standard InChI is InChI=1S/C18H20FN5/c1-13-8-17(24-18(22-13)20-12-21-24)15-5-3-7-23(11-15)10-14-4-2-6-16(19)9-14/h2,4,6,8-9,12,15H,3,5,7,10-11H2,1H3. The summed E-state index contributed by atoms with van der Waals surface area (Å²) < 4.78 is 15.3. The molecule has 0 N–H and O–H groups in total. The van der Waals surface area contributed by atoms with Crippen molar-refractivity contribution >= 4 is 5.78 Å². The van der Waals surface area contributed by atoms with Gasteiger partial charge in [0.25, 0.3) is 5.78 Å². The normalized spacial score (nSPS) is 19.0. The van der Waals surface area contributed by atoms with Crippen LogP contribution in [0.25, 0.3) is 5.78 Å². The van der Waals surface area contributed by atoms with E-state index >= 15 is 0 Å². The first-order chi connectivity index (χ1) is 11.7. The highest BCUT2D eigenvalue weighted by atomic mass is 19.1. The fourth-order valence-electron chi connectivity index (χ4n) is 3.58. The number of halogens is 1. The Morgan fingerprint density at radius 2 is 2.21 bits per heavy atom. The molecule has 0 radical (unpaired) electrons. The van der Waals surface area contributed by atoms with Crippen molar-refractivity contribution < 1.29 is 4.39 Å². The molecule has 124 valence electrons. The van der Waals surface area contributed by atoms with E-state index in [1.807, 2.05) is 17.5 Å². The average Bonchev–Trinajstić information content (AvgIpc) is 3.02. The molecule has 1 aliphatic rings. The maximum Gasteiger partial charge on any atom is 0.252 e. The smallest absolute Gasteiger partial charge is 0.252 e. The van der Waals surface area contributed by atoms with Crippen LogP contribution in [0, 0.1) is 12.7 Å². The van der Waals surface area contributed by atoms with Crippen molar-refractivity contribution in [1.29, 1.82) is 0 Å². The lowest BCUT2D eigenvalue weighted by Crippen LogP contribution is -2.34. The van der Waals surface area contributed by atoms with E-state index in [2.05, 4.69) is 26.0 Å². The molecule has 1 unspecified atom stereocenters. The van der Waals surface area contributed by atoms with Gasteiger partial charge in [0.05, 0.1) is 5.69 Å². The molecule has 1 aromatic carbocycles. The monoisotopic (exact) mass is 325 g/mol. The van der Waals surface area contributed by atoms with Crippen LogP contribution < -0.4 is 0 Å². The quantitative estimate of drug-likeness (QED) is 0.743. The topological polar surface area (TPSA) is 46.3 Å². The summed E-state index contributed by atoms with van der Waals surface area (Å²) in [5.74, 6) is 0.876. The zero-order valence-corrected chi connectivity index (χ0v) is 13.7. The van der Waals surface area contributed by atoms with Gasteiger partial charge in [-0.05, 0) is 50.1 Å². The third kappa shape index (κ3) is 3.01. The molecule has 1 aliphatic heterocycles. The van der Waals surface area contributed by atoms with Crippen molar-refractivity contribution in [2.45, 2.75) is 32.2 Å². The van der Waals surface area contributed by atoms with Crippen LogP contribution in [0.4, 0.5) is 4.39 Å². The minimum Gasteiger partial charge on any atom is -0.298 e. The second kappa shape index (κ2) is 6.28. The summed E-state index contributed by atoms with van der Waals surface area (Å²) >= 11 is 0. The van der Waals surface area contributed by atoms with Crippen LogP contribution in [0.1, 0.15) is 35.7 Å². The minimum absolute atomic E-state index is 0.171. The molecule has 5 nitrogen and oxygen atoms in total. The first-order valence-corrected chi connectivity index (χ1v) is 8.33. The Bertz CT molecular complexity index is 859. The lowest BCUT2D eigenvalue weighted by molar-refractivity contribution is 0.197. The largest absolute Gasteiger partial charge is 0.298 e. The number of aromatic nitrogens is 4. The highest BCUT2D eigenvalue weighted by molar-refractivity contribution is 5.31. The second-order valence-corrected chi connectivity index (χ2v) is 6.50. The van der Waals surface area contributed by atoms with Gasteiger partial charge in [-0.25, -0.2) is 13.9 Å². The van der Waals surface area contributed by atoms with Crippen molar-refractivity contribution in [3.63, 3.8) is 0 Å². The first kappa shape index (κ1) is 15.2. The average molecular weight is 325 g/mol. The summed E-state index contributed by atoms with van der Waals surface area (Å²) in [6, 6.07) is 8.98. The molecule has 3 heterocycles. The van der Waals surface area contributed by atoms with E-state index in [4.69, 9.17) is 0 Å². The number of nitrogens with zero attached hydrogens (tertiary/aromatic N) is 5. The highest BCUT2D eigenvalue weighted by Gasteiger charge is 2.24. The zero-order chi connectivity index (χ0) is 16.5. The molecule has 0 saturated carbocycles. The van der Waals surface area contributed by atoms with Crippen LogP contribution >= 0.6 is 0 Å². The number of rotatable bonds is 3. The van der Waals surface area contributed by atoms with Gasteiger partial charge in [-0.15, -0.1) is 0 Å². The summed E-state index contributed by atoms with van der Waals surface area (Å²) in [5, 5.41) is 4.33. The van der Waals surface area contributed by atoms with E-state index < -0.39 is 0 Å². The van der Waals surface area contributed by atoms with Gasteiger partial charge in [-0.2, -0.15) is 10.1 Å². The SMILES string of the molecule is Cc1cc(C2CCCN(Cc3cccc(F)c3)C2)n2ncnc2n1. The number of likely N-dealkylation sites (tertiary alicyclic amines) is 1. The number of aryl methyl sites for hydroxylation is 1. The number of hydrogen-bond acceptors (Lipinski definition) is 4. The molecular weight excluding hydrogens is 305 g/mol. The van der Waals surface area contributed by atoms with Gasteiger partial charge in [-0.1, -0.05) is 12.1 Å². The third-order valence-corrected chi connectivity index (χ3v) is 4.63. The van der Waals surface area contributed by atoms with Crippen LogP contribution in [0.2, 0.25) is 0 Å². The number of hydrogen-bond donors (Lipinski definition) is 0. The lowest BCUT2D eigenvalue weighted by atomic mass is 9.93. The van der Waals surface area contributed by atoms with Crippen LogP contribution in [0.5, 0.6) is 0 Å². The molecule has 24 heavy (non-hydrogen) atoms. The lowest BCUT2D eigenvalue weighted by Gasteiger charge is -2.33. The van der Waals surface area contributed by atoms with E-state index in [-0.39, 0.29) is 5.82 Å². The highest BCUT2D eigenvalue weighted by Crippen LogP contribution is 2.28. The van der Waals surface area contributed by atoms with Crippen molar-refractivity contribution in [2.75, 3.05) is 13.1 Å². The summed E-state index contributed by atoms with van der Waals surface area (Å²) in [6.07, 6.45) is 3.80. The molecule has 4 rings (SSSR count). The molecular formula is C18H20FN5. The Kier molecular flexibility index (Phi) is 3.98. The third-order valence-electron chi connectivity index (χ3n) is 4.63. The van der Waals surface area contributed by atoms with Gasteiger partial charge in [0, 0.05) is 24.7 Å². The van der Waals surface area contributed by atoms with Gasteiger partial charge >= 0.3 is 0 Å². The molecule has 0 amide bonds. The molecule has 3 aromatic rings. The van der Waals surface area contributed by atoms with Gasteiger partial charge in [-0.3, -0.25) is 4.90 Å². The molecule has 1 saturated heterocycles. The Morgan fingerprint density at radius 3 is 3.08 bits per heavy atom.